The maximum atomic E-state index is 13.0. The molecule has 1 aliphatic carbocycles. The lowest BCUT2D eigenvalue weighted by atomic mass is 9.54. The van der Waals surface area contributed by atoms with Crippen molar-refractivity contribution in [2.75, 3.05) is 6.61 Å². The number of amides is 3. The number of hydrogen-bond acceptors (Lipinski definition) is 3. The quantitative estimate of drug-likeness (QED) is 0.719. The molecular formula is C22H21F3N2O3. The highest BCUT2D eigenvalue weighted by Crippen LogP contribution is 2.52. The Morgan fingerprint density at radius 3 is 2.37 bits per heavy atom. The summed E-state index contributed by atoms with van der Waals surface area (Å²) in [6, 6.07) is 14.1. The zero-order chi connectivity index (χ0) is 21.6. The van der Waals surface area contributed by atoms with E-state index in [0.29, 0.717) is 18.4 Å². The molecule has 1 saturated heterocycles. The molecule has 0 radical (unpaired) electrons. The van der Waals surface area contributed by atoms with Crippen LogP contribution in [0.1, 0.15) is 42.6 Å². The van der Waals surface area contributed by atoms with E-state index in [4.69, 9.17) is 4.74 Å². The van der Waals surface area contributed by atoms with Crippen LogP contribution in [-0.4, -0.2) is 24.1 Å². The molecule has 1 aliphatic heterocycles. The second-order valence-electron chi connectivity index (χ2n) is 8.07. The van der Waals surface area contributed by atoms with Crippen molar-refractivity contribution in [3.63, 3.8) is 0 Å². The minimum absolute atomic E-state index is 0.208. The van der Waals surface area contributed by atoms with E-state index in [2.05, 4.69) is 10.6 Å². The highest BCUT2D eigenvalue weighted by molar-refractivity contribution is 6.08. The Labute approximate surface area is 171 Å². The van der Waals surface area contributed by atoms with E-state index in [9.17, 15) is 22.8 Å². The Morgan fingerprint density at radius 1 is 1.07 bits per heavy atom. The molecule has 1 heterocycles. The van der Waals surface area contributed by atoms with Crippen LogP contribution >= 0.6 is 0 Å². The van der Waals surface area contributed by atoms with Gasteiger partial charge in [0.25, 0.3) is 5.91 Å². The van der Waals surface area contributed by atoms with Crippen LogP contribution in [0.4, 0.5) is 18.0 Å². The topological polar surface area (TPSA) is 67.4 Å². The van der Waals surface area contributed by atoms with Gasteiger partial charge in [0.05, 0.1) is 18.3 Å². The number of urea groups is 1. The molecule has 2 fully saturated rings. The average molecular weight is 418 g/mol. The molecule has 0 bridgehead atoms. The third-order valence-electron chi connectivity index (χ3n) is 5.97. The van der Waals surface area contributed by atoms with Crippen molar-refractivity contribution in [1.29, 1.82) is 0 Å². The summed E-state index contributed by atoms with van der Waals surface area (Å²) in [6.45, 7) is 1.91. The summed E-state index contributed by atoms with van der Waals surface area (Å²) < 4.78 is 45.1. The van der Waals surface area contributed by atoms with Gasteiger partial charge in [0.15, 0.2) is 0 Å². The molecule has 158 valence electrons. The number of carbonyl (C=O) groups excluding carboxylic acids is 2. The summed E-state index contributed by atoms with van der Waals surface area (Å²) in [7, 11) is 0. The maximum Gasteiger partial charge on any atom is 0.416 e. The van der Waals surface area contributed by atoms with Gasteiger partial charge in [0.1, 0.15) is 5.54 Å². The molecule has 8 heteroatoms. The van der Waals surface area contributed by atoms with Gasteiger partial charge in [-0.15, -0.1) is 0 Å². The molecule has 1 atom stereocenters. The summed E-state index contributed by atoms with van der Waals surface area (Å²) in [5, 5.41) is 4.98. The molecule has 2 aliphatic rings. The fourth-order valence-electron chi connectivity index (χ4n) is 4.41. The van der Waals surface area contributed by atoms with Crippen LogP contribution in [0.3, 0.4) is 0 Å². The van der Waals surface area contributed by atoms with Gasteiger partial charge in [-0.1, -0.05) is 42.5 Å². The lowest BCUT2D eigenvalue weighted by Crippen LogP contribution is -2.65. The number of halogens is 3. The van der Waals surface area contributed by atoms with E-state index in [0.717, 1.165) is 17.7 Å². The first-order chi connectivity index (χ1) is 14.1. The summed E-state index contributed by atoms with van der Waals surface area (Å²) in [4.78, 5) is 23.9. The van der Waals surface area contributed by atoms with Crippen LogP contribution in [0, 0.1) is 0 Å². The van der Waals surface area contributed by atoms with Gasteiger partial charge < -0.3 is 10.1 Å². The maximum absolute atomic E-state index is 13.0. The third kappa shape index (κ3) is 3.56. The van der Waals surface area contributed by atoms with Crippen LogP contribution < -0.4 is 10.6 Å². The first-order valence-corrected chi connectivity index (χ1v) is 9.62. The molecule has 2 aromatic carbocycles. The number of hydrogen-bond donors (Lipinski definition) is 2. The van der Waals surface area contributed by atoms with E-state index >= 15 is 0 Å². The molecule has 2 aromatic rings. The molecule has 2 N–H and O–H groups in total. The lowest BCUT2D eigenvalue weighted by Gasteiger charge is -2.53. The number of ether oxygens (including phenoxy) is 1. The van der Waals surface area contributed by atoms with Gasteiger partial charge in [-0.25, -0.2) is 4.79 Å². The van der Waals surface area contributed by atoms with Gasteiger partial charge in [-0.2, -0.15) is 13.2 Å². The molecule has 30 heavy (non-hydrogen) atoms. The minimum atomic E-state index is -4.42. The third-order valence-corrected chi connectivity index (χ3v) is 5.97. The molecular weight excluding hydrogens is 397 g/mol. The van der Waals surface area contributed by atoms with E-state index in [1.54, 1.807) is 13.0 Å². The zero-order valence-electron chi connectivity index (χ0n) is 16.3. The molecule has 1 unspecified atom stereocenters. The number of alkyl halides is 3. The Kier molecular flexibility index (Phi) is 4.85. The van der Waals surface area contributed by atoms with Crippen molar-refractivity contribution >= 4 is 11.9 Å². The fourth-order valence-corrected chi connectivity index (χ4v) is 4.41. The van der Waals surface area contributed by atoms with Crippen LogP contribution in [0.15, 0.2) is 54.6 Å². The second kappa shape index (κ2) is 7.12. The van der Waals surface area contributed by atoms with Crippen molar-refractivity contribution in [3.8, 4) is 0 Å². The van der Waals surface area contributed by atoms with Gasteiger partial charge in [0, 0.05) is 5.41 Å². The molecule has 1 saturated carbocycles. The summed E-state index contributed by atoms with van der Waals surface area (Å²) in [5.41, 5.74) is -0.821. The summed E-state index contributed by atoms with van der Waals surface area (Å²) in [5.74, 6) is -0.356. The van der Waals surface area contributed by atoms with E-state index in [-0.39, 0.29) is 12.5 Å². The molecule has 5 nitrogen and oxygen atoms in total. The fraction of sp³-hybridized carbons (Fsp3) is 0.364. The minimum Gasteiger partial charge on any atom is -0.373 e. The van der Waals surface area contributed by atoms with Crippen molar-refractivity contribution in [3.05, 3.63) is 71.3 Å². The number of benzene rings is 2. The summed E-state index contributed by atoms with van der Waals surface area (Å²) >= 11 is 0. The van der Waals surface area contributed by atoms with Crippen molar-refractivity contribution < 1.29 is 27.5 Å². The van der Waals surface area contributed by atoms with Gasteiger partial charge in [-0.3, -0.25) is 10.1 Å². The first-order valence-electron chi connectivity index (χ1n) is 9.62. The van der Waals surface area contributed by atoms with Crippen LogP contribution in [0.2, 0.25) is 0 Å². The molecule has 0 aromatic heterocycles. The van der Waals surface area contributed by atoms with Gasteiger partial charge in [-0.05, 0) is 43.0 Å². The zero-order valence-corrected chi connectivity index (χ0v) is 16.3. The second-order valence-corrected chi connectivity index (χ2v) is 8.07. The van der Waals surface area contributed by atoms with Crippen LogP contribution in [-0.2, 0) is 21.1 Å². The monoisotopic (exact) mass is 418 g/mol. The van der Waals surface area contributed by atoms with Crippen molar-refractivity contribution in [1.82, 2.24) is 10.6 Å². The Morgan fingerprint density at radius 2 is 1.77 bits per heavy atom. The molecule has 3 amide bonds. The predicted octanol–water partition coefficient (Wildman–Crippen LogP) is 4.09. The number of nitrogens with one attached hydrogen (secondary N) is 2. The van der Waals surface area contributed by atoms with Crippen molar-refractivity contribution in [2.45, 2.75) is 43.0 Å². The number of imide groups is 1. The predicted molar refractivity (Wildman–Crippen MR) is 103 cm³/mol. The van der Waals surface area contributed by atoms with Gasteiger partial charge in [0.2, 0.25) is 0 Å². The van der Waals surface area contributed by atoms with Gasteiger partial charge >= 0.3 is 12.2 Å². The SMILES string of the molecule is CC(OCC1(c2ccccc2)CC2(C1)NC(=O)NC2=O)c1cccc(C(F)(F)F)c1. The lowest BCUT2D eigenvalue weighted by molar-refractivity contribution is -0.137. The Hall–Kier alpha value is -2.87. The average Bonchev–Trinajstić information content (AvgIpc) is 2.98. The number of carbonyl (C=O) groups is 2. The molecule has 4 rings (SSSR count). The first kappa shape index (κ1) is 20.4. The van der Waals surface area contributed by atoms with Crippen LogP contribution in [0.25, 0.3) is 0 Å². The largest absolute Gasteiger partial charge is 0.416 e. The van der Waals surface area contributed by atoms with Crippen LogP contribution in [0.5, 0.6) is 0 Å². The standard InChI is InChI=1S/C22H21F3N2O3/c1-14(15-6-5-9-17(10-15)22(23,24)25)30-13-20(16-7-3-2-4-8-16)11-21(12-20)18(28)26-19(29)27-21/h2-10,14H,11-13H2,1H3,(H2,26,27,28,29). The van der Waals surface area contributed by atoms with E-state index in [1.165, 1.54) is 6.07 Å². The Balaban J connectivity index is 1.53. The Bertz CT molecular complexity index is 969. The van der Waals surface area contributed by atoms with E-state index in [1.807, 2.05) is 30.3 Å². The number of rotatable bonds is 5. The smallest absolute Gasteiger partial charge is 0.373 e. The van der Waals surface area contributed by atoms with Crippen molar-refractivity contribution in [2.24, 2.45) is 0 Å². The highest BCUT2D eigenvalue weighted by atomic mass is 19.4. The normalized spacial score (nSPS) is 26.8. The molecule has 1 spiro atoms. The van der Waals surface area contributed by atoms with E-state index < -0.39 is 34.8 Å². The highest BCUT2D eigenvalue weighted by Gasteiger charge is 2.63. The summed E-state index contributed by atoms with van der Waals surface area (Å²) in [6.07, 6.45) is -4.28.